The number of thioether (sulfide) groups is 1. The van der Waals surface area contributed by atoms with Crippen LogP contribution in [0.5, 0.6) is 0 Å². The average molecular weight is 373 g/mol. The molecule has 0 unspecified atom stereocenters. The zero-order chi connectivity index (χ0) is 17.8. The summed E-state index contributed by atoms with van der Waals surface area (Å²) in [4.78, 5) is 13.4. The van der Waals surface area contributed by atoms with Crippen LogP contribution in [0.1, 0.15) is 17.3 Å². The molecule has 1 N–H and O–H groups in total. The zero-order valence-corrected chi connectivity index (χ0v) is 15.4. The van der Waals surface area contributed by atoms with Crippen LogP contribution in [-0.2, 0) is 6.54 Å². The van der Waals surface area contributed by atoms with E-state index in [9.17, 15) is 4.79 Å². The smallest absolute Gasteiger partial charge is 0.255 e. The highest BCUT2D eigenvalue weighted by molar-refractivity contribution is 7.98. The van der Waals surface area contributed by atoms with E-state index in [4.69, 9.17) is 11.6 Å². The fourth-order valence-electron chi connectivity index (χ4n) is 2.43. The van der Waals surface area contributed by atoms with E-state index in [0.717, 1.165) is 22.8 Å². The lowest BCUT2D eigenvalue weighted by Gasteiger charge is -2.08. The normalized spacial score (nSPS) is 10.7. The first kappa shape index (κ1) is 17.5. The molecule has 0 aliphatic rings. The van der Waals surface area contributed by atoms with E-state index in [1.807, 2.05) is 42.0 Å². The molecule has 3 rings (SSSR count). The Morgan fingerprint density at radius 3 is 2.64 bits per heavy atom. The first-order chi connectivity index (χ1) is 12.1. The van der Waals surface area contributed by atoms with Crippen LogP contribution >= 0.6 is 23.4 Å². The quantitative estimate of drug-likeness (QED) is 0.665. The Balaban J connectivity index is 1.76. The molecule has 3 aromatic rings. The van der Waals surface area contributed by atoms with Gasteiger partial charge in [-0.05, 0) is 43.5 Å². The minimum absolute atomic E-state index is 0.184. The van der Waals surface area contributed by atoms with Crippen LogP contribution in [0.15, 0.2) is 53.7 Å². The Morgan fingerprint density at radius 1 is 1.24 bits per heavy atom. The lowest BCUT2D eigenvalue weighted by atomic mass is 10.1. The van der Waals surface area contributed by atoms with E-state index >= 15 is 0 Å². The predicted molar refractivity (Wildman–Crippen MR) is 102 cm³/mol. The third-order valence-corrected chi connectivity index (χ3v) is 4.99. The fraction of sp³-hybridized carbons (Fsp3) is 0.167. The lowest BCUT2D eigenvalue weighted by molar-refractivity contribution is 0.102. The van der Waals surface area contributed by atoms with Gasteiger partial charge < -0.3 is 9.88 Å². The standard InChI is InChI=1S/C18H17ClN4OS/c1-3-23-11-20-22-17(23)12-4-6-13(7-5-12)18(24)21-14-8-9-16(25-2)15(19)10-14/h4-11H,3H2,1-2H3,(H,21,24). The van der Waals surface area contributed by atoms with Gasteiger partial charge in [0, 0.05) is 28.3 Å². The second-order valence-electron chi connectivity index (χ2n) is 5.32. The molecule has 0 radical (unpaired) electrons. The number of carbonyl (C=O) groups is 1. The number of aromatic nitrogens is 3. The SMILES string of the molecule is CCn1cnnc1-c1ccc(C(=O)Nc2ccc(SC)c(Cl)c2)cc1. The maximum Gasteiger partial charge on any atom is 0.255 e. The molecule has 1 heterocycles. The monoisotopic (exact) mass is 372 g/mol. The Hall–Kier alpha value is -2.31. The molecule has 0 saturated heterocycles. The van der Waals surface area contributed by atoms with Crippen molar-refractivity contribution in [2.45, 2.75) is 18.4 Å². The number of nitrogens with one attached hydrogen (secondary N) is 1. The minimum atomic E-state index is -0.184. The maximum atomic E-state index is 12.4. The van der Waals surface area contributed by atoms with Crippen molar-refractivity contribution >= 4 is 35.0 Å². The number of rotatable bonds is 5. The van der Waals surface area contributed by atoms with E-state index < -0.39 is 0 Å². The molecular weight excluding hydrogens is 356 g/mol. The number of halogens is 1. The summed E-state index contributed by atoms with van der Waals surface area (Å²) in [6.45, 7) is 2.82. The van der Waals surface area contributed by atoms with Gasteiger partial charge in [-0.25, -0.2) is 0 Å². The van der Waals surface area contributed by atoms with Crippen molar-refractivity contribution in [2.75, 3.05) is 11.6 Å². The topological polar surface area (TPSA) is 59.8 Å². The number of nitrogens with zero attached hydrogens (tertiary/aromatic N) is 3. The van der Waals surface area contributed by atoms with Gasteiger partial charge in [-0.2, -0.15) is 0 Å². The number of hydrogen-bond donors (Lipinski definition) is 1. The largest absolute Gasteiger partial charge is 0.322 e. The van der Waals surface area contributed by atoms with Crippen LogP contribution in [0.4, 0.5) is 5.69 Å². The summed E-state index contributed by atoms with van der Waals surface area (Å²) in [5.41, 5.74) is 2.15. The number of benzene rings is 2. The highest BCUT2D eigenvalue weighted by Crippen LogP contribution is 2.28. The number of aryl methyl sites for hydroxylation is 1. The Kier molecular flexibility index (Phi) is 5.40. The van der Waals surface area contributed by atoms with Crippen LogP contribution in [0.2, 0.25) is 5.02 Å². The summed E-state index contributed by atoms with van der Waals surface area (Å²) in [7, 11) is 0. The number of anilines is 1. The molecule has 1 amide bonds. The third kappa shape index (κ3) is 3.86. The molecule has 7 heteroatoms. The Labute approximate surface area is 155 Å². The molecule has 25 heavy (non-hydrogen) atoms. The van der Waals surface area contributed by atoms with E-state index in [1.54, 1.807) is 36.3 Å². The van der Waals surface area contributed by atoms with Crippen LogP contribution in [0.3, 0.4) is 0 Å². The van der Waals surface area contributed by atoms with Gasteiger partial charge in [0.05, 0.1) is 5.02 Å². The first-order valence-electron chi connectivity index (χ1n) is 7.75. The summed E-state index contributed by atoms with van der Waals surface area (Å²) >= 11 is 7.74. The van der Waals surface area contributed by atoms with Crippen molar-refractivity contribution in [3.63, 3.8) is 0 Å². The van der Waals surface area contributed by atoms with Gasteiger partial charge in [-0.15, -0.1) is 22.0 Å². The van der Waals surface area contributed by atoms with Crippen molar-refractivity contribution in [2.24, 2.45) is 0 Å². The second-order valence-corrected chi connectivity index (χ2v) is 6.58. The summed E-state index contributed by atoms with van der Waals surface area (Å²) < 4.78 is 1.95. The molecular formula is C18H17ClN4OS. The molecule has 128 valence electrons. The van der Waals surface area contributed by atoms with E-state index in [1.165, 1.54) is 0 Å². The van der Waals surface area contributed by atoms with Crippen molar-refractivity contribution in [3.8, 4) is 11.4 Å². The molecule has 2 aromatic carbocycles. The molecule has 0 bridgehead atoms. The minimum Gasteiger partial charge on any atom is -0.322 e. The zero-order valence-electron chi connectivity index (χ0n) is 13.9. The predicted octanol–water partition coefficient (Wildman–Crippen LogP) is 4.59. The van der Waals surface area contributed by atoms with E-state index in [2.05, 4.69) is 15.5 Å². The van der Waals surface area contributed by atoms with Crippen molar-refractivity contribution in [3.05, 3.63) is 59.4 Å². The van der Waals surface area contributed by atoms with E-state index in [0.29, 0.717) is 16.3 Å². The van der Waals surface area contributed by atoms with Gasteiger partial charge >= 0.3 is 0 Å². The Bertz CT molecular complexity index is 892. The third-order valence-electron chi connectivity index (χ3n) is 3.77. The summed E-state index contributed by atoms with van der Waals surface area (Å²) in [6.07, 6.45) is 3.65. The van der Waals surface area contributed by atoms with Crippen LogP contribution in [0.25, 0.3) is 11.4 Å². The summed E-state index contributed by atoms with van der Waals surface area (Å²) in [5, 5.41) is 11.5. The highest BCUT2D eigenvalue weighted by atomic mass is 35.5. The molecule has 0 aliphatic heterocycles. The van der Waals surface area contributed by atoms with Crippen LogP contribution in [0, 0.1) is 0 Å². The molecule has 0 spiro atoms. The fourth-order valence-corrected chi connectivity index (χ4v) is 3.30. The highest BCUT2D eigenvalue weighted by Gasteiger charge is 2.10. The Morgan fingerprint density at radius 2 is 2.00 bits per heavy atom. The van der Waals surface area contributed by atoms with Crippen LogP contribution in [-0.4, -0.2) is 26.9 Å². The molecule has 1 aromatic heterocycles. The van der Waals surface area contributed by atoms with Gasteiger partial charge in [-0.1, -0.05) is 23.7 Å². The number of hydrogen-bond acceptors (Lipinski definition) is 4. The van der Waals surface area contributed by atoms with Crippen molar-refractivity contribution < 1.29 is 4.79 Å². The first-order valence-corrected chi connectivity index (χ1v) is 9.35. The number of amides is 1. The second kappa shape index (κ2) is 7.72. The number of carbonyl (C=O) groups excluding carboxylic acids is 1. The summed E-state index contributed by atoms with van der Waals surface area (Å²) in [5.74, 6) is 0.602. The van der Waals surface area contributed by atoms with Gasteiger partial charge in [-0.3, -0.25) is 4.79 Å². The lowest BCUT2D eigenvalue weighted by Crippen LogP contribution is -2.11. The van der Waals surface area contributed by atoms with Gasteiger partial charge in [0.25, 0.3) is 5.91 Å². The molecule has 0 saturated carbocycles. The van der Waals surface area contributed by atoms with Crippen molar-refractivity contribution in [1.29, 1.82) is 0 Å². The van der Waals surface area contributed by atoms with Gasteiger partial charge in [0.2, 0.25) is 0 Å². The van der Waals surface area contributed by atoms with Gasteiger partial charge in [0.15, 0.2) is 5.82 Å². The van der Waals surface area contributed by atoms with Crippen molar-refractivity contribution in [1.82, 2.24) is 14.8 Å². The van der Waals surface area contributed by atoms with Gasteiger partial charge in [0.1, 0.15) is 6.33 Å². The maximum absolute atomic E-state index is 12.4. The molecule has 5 nitrogen and oxygen atoms in total. The summed E-state index contributed by atoms with van der Waals surface area (Å²) in [6, 6.07) is 12.8. The van der Waals surface area contributed by atoms with E-state index in [-0.39, 0.29) is 5.91 Å². The average Bonchev–Trinajstić information content (AvgIpc) is 3.11. The van der Waals surface area contributed by atoms with Crippen LogP contribution < -0.4 is 5.32 Å². The molecule has 0 atom stereocenters. The molecule has 0 aliphatic carbocycles. The molecule has 0 fully saturated rings.